The first kappa shape index (κ1) is 19.0. The van der Waals surface area contributed by atoms with E-state index in [-0.39, 0.29) is 18.4 Å². The average molecular weight is 392 g/mol. The van der Waals surface area contributed by atoms with Gasteiger partial charge in [0.2, 0.25) is 6.29 Å². The van der Waals surface area contributed by atoms with E-state index in [1.165, 1.54) is 24.8 Å². The number of allylic oxidation sites excluding steroid dienone is 1. The van der Waals surface area contributed by atoms with Gasteiger partial charge in [0.15, 0.2) is 5.76 Å². The number of thiophene rings is 1. The SMILES string of the molecule is O=C(NC1CC2CCC1C2)C1=C[C@@H](c2ccsc2)C[C@@H](OCCCCO)O1. The molecule has 1 amide bonds. The van der Waals surface area contributed by atoms with Crippen LogP contribution in [0.5, 0.6) is 0 Å². The zero-order chi connectivity index (χ0) is 18.6. The van der Waals surface area contributed by atoms with Gasteiger partial charge in [-0.25, -0.2) is 0 Å². The zero-order valence-corrected chi connectivity index (χ0v) is 16.5. The predicted octanol–water partition coefficient (Wildman–Crippen LogP) is 3.56. The lowest BCUT2D eigenvalue weighted by molar-refractivity contribution is -0.147. The first-order valence-corrected chi connectivity index (χ1v) is 11.1. The Morgan fingerprint density at radius 2 is 2.22 bits per heavy atom. The molecule has 0 spiro atoms. The molecular formula is C21H29NO4S. The van der Waals surface area contributed by atoms with Gasteiger partial charge in [-0.05, 0) is 72.4 Å². The summed E-state index contributed by atoms with van der Waals surface area (Å²) in [7, 11) is 0. The minimum Gasteiger partial charge on any atom is -0.459 e. The lowest BCUT2D eigenvalue weighted by Crippen LogP contribution is -2.41. The van der Waals surface area contributed by atoms with Crippen LogP contribution in [-0.2, 0) is 14.3 Å². The largest absolute Gasteiger partial charge is 0.459 e. The molecule has 148 valence electrons. The lowest BCUT2D eigenvalue weighted by atomic mass is 9.94. The van der Waals surface area contributed by atoms with Gasteiger partial charge in [-0.3, -0.25) is 4.79 Å². The maximum atomic E-state index is 12.9. The van der Waals surface area contributed by atoms with E-state index in [0.29, 0.717) is 37.2 Å². The molecule has 6 heteroatoms. The van der Waals surface area contributed by atoms with Crippen molar-refractivity contribution < 1.29 is 19.4 Å². The molecule has 2 heterocycles. The normalized spacial score (nSPS) is 32.2. The number of carbonyl (C=O) groups is 1. The number of hydrogen-bond acceptors (Lipinski definition) is 5. The lowest BCUT2D eigenvalue weighted by Gasteiger charge is -2.30. The summed E-state index contributed by atoms with van der Waals surface area (Å²) in [6.07, 6.45) is 8.68. The maximum Gasteiger partial charge on any atom is 0.286 e. The first-order chi connectivity index (χ1) is 13.2. The predicted molar refractivity (Wildman–Crippen MR) is 104 cm³/mol. The van der Waals surface area contributed by atoms with E-state index in [9.17, 15) is 4.79 Å². The number of nitrogens with one attached hydrogen (secondary N) is 1. The molecule has 27 heavy (non-hydrogen) atoms. The minimum absolute atomic E-state index is 0.101. The van der Waals surface area contributed by atoms with Crippen molar-refractivity contribution in [2.75, 3.05) is 13.2 Å². The number of aliphatic hydroxyl groups excluding tert-OH is 1. The highest BCUT2D eigenvalue weighted by molar-refractivity contribution is 7.08. The number of amides is 1. The van der Waals surface area contributed by atoms with Crippen LogP contribution < -0.4 is 5.32 Å². The fourth-order valence-electron chi connectivity index (χ4n) is 4.73. The van der Waals surface area contributed by atoms with Crippen LogP contribution in [0.1, 0.15) is 56.4 Å². The smallest absolute Gasteiger partial charge is 0.286 e. The number of rotatable bonds is 8. The van der Waals surface area contributed by atoms with Crippen LogP contribution in [0.4, 0.5) is 0 Å². The topological polar surface area (TPSA) is 67.8 Å². The van der Waals surface area contributed by atoms with Crippen LogP contribution in [0.3, 0.4) is 0 Å². The van der Waals surface area contributed by atoms with Crippen molar-refractivity contribution in [2.24, 2.45) is 11.8 Å². The Morgan fingerprint density at radius 1 is 1.30 bits per heavy atom. The van der Waals surface area contributed by atoms with E-state index in [2.05, 4.69) is 22.1 Å². The Kier molecular flexibility index (Phi) is 6.15. The highest BCUT2D eigenvalue weighted by atomic mass is 32.1. The second kappa shape index (κ2) is 8.76. The number of hydrogen-bond donors (Lipinski definition) is 2. The molecule has 2 bridgehead atoms. The number of unbranched alkanes of at least 4 members (excludes halogenated alkanes) is 1. The summed E-state index contributed by atoms with van der Waals surface area (Å²) in [6.45, 7) is 0.701. The van der Waals surface area contributed by atoms with E-state index in [1.54, 1.807) is 11.3 Å². The van der Waals surface area contributed by atoms with Crippen molar-refractivity contribution in [2.45, 2.75) is 63.2 Å². The Labute approximate surface area is 164 Å². The molecule has 0 radical (unpaired) electrons. The summed E-state index contributed by atoms with van der Waals surface area (Å²) in [5.41, 5.74) is 1.21. The van der Waals surface area contributed by atoms with Gasteiger partial charge in [0, 0.05) is 25.0 Å². The third-order valence-electron chi connectivity index (χ3n) is 6.16. The monoisotopic (exact) mass is 391 g/mol. The highest BCUT2D eigenvalue weighted by Gasteiger charge is 2.41. The Morgan fingerprint density at radius 3 is 2.93 bits per heavy atom. The summed E-state index contributed by atoms with van der Waals surface area (Å²) < 4.78 is 11.8. The van der Waals surface area contributed by atoms with Gasteiger partial charge in [-0.2, -0.15) is 11.3 Å². The third-order valence-corrected chi connectivity index (χ3v) is 6.86. The Balaban J connectivity index is 1.41. The summed E-state index contributed by atoms with van der Waals surface area (Å²) in [5.74, 6) is 1.86. The Hall–Kier alpha value is -1.37. The molecule has 5 atom stereocenters. The van der Waals surface area contributed by atoms with Gasteiger partial charge in [0.1, 0.15) is 0 Å². The molecule has 0 saturated heterocycles. The van der Waals surface area contributed by atoms with E-state index < -0.39 is 6.29 Å². The molecule has 1 aliphatic heterocycles. The molecular weight excluding hydrogens is 362 g/mol. The van der Waals surface area contributed by atoms with Crippen LogP contribution >= 0.6 is 11.3 Å². The van der Waals surface area contributed by atoms with E-state index in [0.717, 1.165) is 18.8 Å². The number of aliphatic hydroxyl groups is 1. The summed E-state index contributed by atoms with van der Waals surface area (Å²) in [4.78, 5) is 12.9. The van der Waals surface area contributed by atoms with Crippen molar-refractivity contribution in [3.63, 3.8) is 0 Å². The molecule has 5 nitrogen and oxygen atoms in total. The summed E-state index contributed by atoms with van der Waals surface area (Å²) in [6, 6.07) is 2.40. The van der Waals surface area contributed by atoms with Crippen LogP contribution in [-0.4, -0.2) is 36.6 Å². The van der Waals surface area contributed by atoms with Crippen LogP contribution in [0.15, 0.2) is 28.7 Å². The van der Waals surface area contributed by atoms with Crippen molar-refractivity contribution in [1.29, 1.82) is 0 Å². The fraction of sp³-hybridized carbons (Fsp3) is 0.667. The molecule has 3 aliphatic rings. The van der Waals surface area contributed by atoms with Gasteiger partial charge in [0.25, 0.3) is 5.91 Å². The second-order valence-electron chi connectivity index (χ2n) is 8.03. The van der Waals surface area contributed by atoms with E-state index in [4.69, 9.17) is 14.6 Å². The third kappa shape index (κ3) is 4.55. The summed E-state index contributed by atoms with van der Waals surface area (Å²) in [5, 5.41) is 16.3. The number of fused-ring (bicyclic) bond motifs is 2. The molecule has 4 rings (SSSR count). The van der Waals surface area contributed by atoms with E-state index >= 15 is 0 Å². The molecule has 0 aromatic carbocycles. The quantitative estimate of drug-likeness (QED) is 0.665. The average Bonchev–Trinajstić information content (AvgIpc) is 3.43. The molecule has 2 N–H and O–H groups in total. The van der Waals surface area contributed by atoms with Gasteiger partial charge in [0.05, 0.1) is 6.61 Å². The first-order valence-electron chi connectivity index (χ1n) is 10.2. The maximum absolute atomic E-state index is 12.9. The van der Waals surface area contributed by atoms with Crippen molar-refractivity contribution >= 4 is 17.2 Å². The van der Waals surface area contributed by atoms with Gasteiger partial charge in [-0.1, -0.05) is 6.42 Å². The second-order valence-corrected chi connectivity index (χ2v) is 8.81. The van der Waals surface area contributed by atoms with Gasteiger partial charge in [-0.15, -0.1) is 0 Å². The van der Waals surface area contributed by atoms with Crippen LogP contribution in [0.25, 0.3) is 0 Å². The molecule has 2 saturated carbocycles. The van der Waals surface area contributed by atoms with Gasteiger partial charge >= 0.3 is 0 Å². The molecule has 3 unspecified atom stereocenters. The standard InChI is InChI=1S/C21H29NO4S/c23-6-1-2-7-25-20-12-17(16-5-8-27-13-16)11-19(26-20)21(24)22-18-10-14-3-4-15(18)9-14/h5,8,11,13-15,17-18,20,23H,1-4,6-7,9-10,12H2,(H,22,24)/t14?,15?,17-,18?,20+/m1/s1. The van der Waals surface area contributed by atoms with Crippen LogP contribution in [0.2, 0.25) is 0 Å². The molecule has 2 fully saturated rings. The van der Waals surface area contributed by atoms with Crippen LogP contribution in [0, 0.1) is 11.8 Å². The zero-order valence-electron chi connectivity index (χ0n) is 15.6. The molecule has 2 aliphatic carbocycles. The van der Waals surface area contributed by atoms with Crippen molar-refractivity contribution in [1.82, 2.24) is 5.32 Å². The van der Waals surface area contributed by atoms with E-state index in [1.807, 2.05) is 6.08 Å². The van der Waals surface area contributed by atoms with Crippen molar-refractivity contribution in [3.05, 3.63) is 34.2 Å². The minimum atomic E-state index is -0.417. The molecule has 1 aromatic heterocycles. The number of carbonyl (C=O) groups excluding carboxylic acids is 1. The fourth-order valence-corrected chi connectivity index (χ4v) is 5.45. The Bertz CT molecular complexity index is 659. The van der Waals surface area contributed by atoms with Gasteiger partial charge < -0.3 is 19.9 Å². The number of ether oxygens (including phenoxy) is 2. The van der Waals surface area contributed by atoms with Crippen molar-refractivity contribution in [3.8, 4) is 0 Å². The summed E-state index contributed by atoms with van der Waals surface area (Å²) >= 11 is 1.66. The molecule has 1 aromatic rings. The highest BCUT2D eigenvalue weighted by Crippen LogP contribution is 2.44.